The van der Waals surface area contributed by atoms with E-state index in [1.807, 2.05) is 0 Å². The first-order valence-corrected chi connectivity index (χ1v) is 7.19. The van der Waals surface area contributed by atoms with E-state index in [0.717, 1.165) is 17.8 Å². The van der Waals surface area contributed by atoms with E-state index < -0.39 is 29.6 Å². The molecule has 0 saturated heterocycles. The van der Waals surface area contributed by atoms with Gasteiger partial charge in [-0.3, -0.25) is 9.59 Å². The lowest BCUT2D eigenvalue weighted by atomic mass is 10.0. The number of hydrogen-bond acceptors (Lipinski definition) is 3. The molecule has 4 nitrogen and oxygen atoms in total. The summed E-state index contributed by atoms with van der Waals surface area (Å²) in [6.45, 7) is 1.47. The van der Waals surface area contributed by atoms with Gasteiger partial charge in [0.2, 0.25) is 11.8 Å². The Morgan fingerprint density at radius 1 is 1.29 bits per heavy atom. The van der Waals surface area contributed by atoms with Crippen molar-refractivity contribution in [2.75, 3.05) is 11.5 Å². The van der Waals surface area contributed by atoms with Gasteiger partial charge in [0.1, 0.15) is 0 Å². The topological polar surface area (TPSA) is 72.2 Å². The van der Waals surface area contributed by atoms with E-state index >= 15 is 0 Å². The van der Waals surface area contributed by atoms with Gasteiger partial charge < -0.3 is 11.1 Å². The Labute approximate surface area is 124 Å². The van der Waals surface area contributed by atoms with Gasteiger partial charge in [0.25, 0.3) is 0 Å². The van der Waals surface area contributed by atoms with Crippen LogP contribution in [0.5, 0.6) is 0 Å². The molecule has 0 bridgehead atoms. The van der Waals surface area contributed by atoms with Crippen LogP contribution in [-0.2, 0) is 15.8 Å². The number of carbonyl (C=O) groups excluding carboxylic acids is 2. The second-order valence-electron chi connectivity index (χ2n) is 4.33. The van der Waals surface area contributed by atoms with Crippen molar-refractivity contribution in [3.63, 3.8) is 0 Å². The van der Waals surface area contributed by atoms with E-state index in [1.54, 1.807) is 0 Å². The van der Waals surface area contributed by atoms with Crippen LogP contribution in [0.3, 0.4) is 0 Å². The van der Waals surface area contributed by atoms with E-state index in [9.17, 15) is 22.8 Å². The average Bonchev–Trinajstić information content (AvgIpc) is 2.37. The van der Waals surface area contributed by atoms with Gasteiger partial charge in [-0.25, -0.2) is 0 Å². The molecule has 0 aliphatic heterocycles. The first-order chi connectivity index (χ1) is 9.71. The van der Waals surface area contributed by atoms with Crippen molar-refractivity contribution in [2.45, 2.75) is 19.1 Å². The Bertz CT molecular complexity index is 520. The van der Waals surface area contributed by atoms with Crippen LogP contribution in [0.4, 0.5) is 13.2 Å². The second-order valence-corrected chi connectivity index (χ2v) is 5.32. The number of hydrogen-bond donors (Lipinski definition) is 2. The zero-order valence-electron chi connectivity index (χ0n) is 11.2. The number of alkyl halides is 3. The molecule has 0 spiro atoms. The molecule has 0 fully saturated rings. The zero-order chi connectivity index (χ0) is 16.0. The minimum atomic E-state index is -4.48. The molecule has 0 aliphatic rings. The number of amides is 2. The number of nitrogens with two attached hydrogens (primary N) is 1. The lowest BCUT2D eigenvalue weighted by Crippen LogP contribution is -2.30. The molecule has 0 aliphatic carbocycles. The Kier molecular flexibility index (Phi) is 6.07. The summed E-state index contributed by atoms with van der Waals surface area (Å²) in [5, 5.41) is 2.47. The minimum absolute atomic E-state index is 0.00162. The monoisotopic (exact) mass is 320 g/mol. The van der Waals surface area contributed by atoms with Crippen LogP contribution < -0.4 is 11.1 Å². The fourth-order valence-corrected chi connectivity index (χ4v) is 2.31. The Morgan fingerprint density at radius 3 is 2.48 bits per heavy atom. The maximum atomic E-state index is 12.9. The third-order valence-electron chi connectivity index (χ3n) is 2.59. The van der Waals surface area contributed by atoms with Gasteiger partial charge in [0, 0.05) is 0 Å². The van der Waals surface area contributed by atoms with Crippen molar-refractivity contribution >= 4 is 23.6 Å². The van der Waals surface area contributed by atoms with Crippen LogP contribution >= 0.6 is 11.8 Å². The number of halogens is 3. The largest absolute Gasteiger partial charge is 0.416 e. The summed E-state index contributed by atoms with van der Waals surface area (Å²) in [5.41, 5.74) is 4.15. The van der Waals surface area contributed by atoms with E-state index in [1.165, 1.54) is 25.1 Å². The summed E-state index contributed by atoms with van der Waals surface area (Å²) >= 11 is 1.01. The van der Waals surface area contributed by atoms with Crippen LogP contribution in [0.1, 0.15) is 24.1 Å². The minimum Gasteiger partial charge on any atom is -0.369 e. The van der Waals surface area contributed by atoms with Gasteiger partial charge in [0.15, 0.2) is 0 Å². The van der Waals surface area contributed by atoms with Gasteiger partial charge in [-0.15, -0.1) is 11.8 Å². The van der Waals surface area contributed by atoms with Crippen molar-refractivity contribution in [1.82, 2.24) is 5.32 Å². The molecule has 1 aromatic rings. The molecular formula is C13H15F3N2O2S. The molecule has 1 rings (SSSR count). The highest BCUT2D eigenvalue weighted by Crippen LogP contribution is 2.34. The summed E-state index contributed by atoms with van der Waals surface area (Å²) in [6.07, 6.45) is -4.48. The van der Waals surface area contributed by atoms with Crippen molar-refractivity contribution < 1.29 is 22.8 Å². The van der Waals surface area contributed by atoms with Crippen molar-refractivity contribution in [2.24, 2.45) is 5.73 Å². The fraction of sp³-hybridized carbons (Fsp3) is 0.385. The van der Waals surface area contributed by atoms with Gasteiger partial charge >= 0.3 is 6.18 Å². The Morgan fingerprint density at radius 2 is 1.90 bits per heavy atom. The van der Waals surface area contributed by atoms with Gasteiger partial charge in [-0.1, -0.05) is 18.2 Å². The summed E-state index contributed by atoms with van der Waals surface area (Å²) in [4.78, 5) is 22.1. The van der Waals surface area contributed by atoms with E-state index in [2.05, 4.69) is 5.32 Å². The van der Waals surface area contributed by atoms with Crippen molar-refractivity contribution in [3.05, 3.63) is 35.4 Å². The molecule has 0 saturated carbocycles. The SMILES string of the molecule is CC(NC(=O)CSCC(N)=O)c1ccccc1C(F)(F)F. The quantitative estimate of drug-likeness (QED) is 0.843. The second kappa shape index (κ2) is 7.35. The summed E-state index contributed by atoms with van der Waals surface area (Å²) in [5.74, 6) is -1.06. The number of thioether (sulfide) groups is 1. The molecule has 21 heavy (non-hydrogen) atoms. The highest BCUT2D eigenvalue weighted by Gasteiger charge is 2.34. The third-order valence-corrected chi connectivity index (χ3v) is 3.54. The number of primary amides is 1. The van der Waals surface area contributed by atoms with Crippen LogP contribution in [0, 0.1) is 0 Å². The molecule has 0 aromatic heterocycles. The van der Waals surface area contributed by atoms with Crippen LogP contribution in [0.25, 0.3) is 0 Å². The predicted octanol–water partition coefficient (Wildman–Crippen LogP) is 2.10. The van der Waals surface area contributed by atoms with Crippen LogP contribution in [-0.4, -0.2) is 23.3 Å². The van der Waals surface area contributed by atoms with Crippen LogP contribution in [0.15, 0.2) is 24.3 Å². The average molecular weight is 320 g/mol. The third kappa shape index (κ3) is 5.66. The highest BCUT2D eigenvalue weighted by molar-refractivity contribution is 8.00. The van der Waals surface area contributed by atoms with E-state index in [4.69, 9.17) is 5.73 Å². The molecular weight excluding hydrogens is 305 g/mol. The molecule has 2 amide bonds. The van der Waals surface area contributed by atoms with Crippen molar-refractivity contribution in [1.29, 1.82) is 0 Å². The summed E-state index contributed by atoms with van der Waals surface area (Å²) in [7, 11) is 0. The number of carbonyl (C=O) groups is 2. The van der Waals surface area contributed by atoms with Crippen LogP contribution in [0.2, 0.25) is 0 Å². The Balaban J connectivity index is 2.70. The summed E-state index contributed by atoms with van der Waals surface area (Å²) < 4.78 is 38.6. The fourth-order valence-electron chi connectivity index (χ4n) is 1.74. The van der Waals surface area contributed by atoms with Gasteiger partial charge in [0.05, 0.1) is 23.1 Å². The highest BCUT2D eigenvalue weighted by atomic mass is 32.2. The maximum Gasteiger partial charge on any atom is 0.416 e. The predicted molar refractivity (Wildman–Crippen MR) is 74.5 cm³/mol. The molecule has 0 heterocycles. The van der Waals surface area contributed by atoms with E-state index in [-0.39, 0.29) is 17.1 Å². The Hall–Kier alpha value is -1.70. The molecule has 0 radical (unpaired) electrons. The molecule has 3 N–H and O–H groups in total. The van der Waals surface area contributed by atoms with Gasteiger partial charge in [-0.05, 0) is 18.6 Å². The molecule has 1 unspecified atom stereocenters. The lowest BCUT2D eigenvalue weighted by molar-refractivity contribution is -0.138. The van der Waals surface area contributed by atoms with Gasteiger partial charge in [-0.2, -0.15) is 13.2 Å². The molecule has 1 atom stereocenters. The first kappa shape index (κ1) is 17.4. The normalized spacial score (nSPS) is 12.8. The lowest BCUT2D eigenvalue weighted by Gasteiger charge is -2.19. The number of rotatable bonds is 6. The standard InChI is InChI=1S/C13H15F3N2O2S/c1-8(18-12(20)7-21-6-11(17)19)9-4-2-3-5-10(9)13(14,15)16/h2-5,8H,6-7H2,1H3,(H2,17,19)(H,18,20). The number of nitrogens with one attached hydrogen (secondary N) is 1. The molecule has 8 heteroatoms. The molecule has 116 valence electrons. The summed E-state index contributed by atoms with van der Waals surface area (Å²) in [6, 6.07) is 4.28. The zero-order valence-corrected chi connectivity index (χ0v) is 12.1. The maximum absolute atomic E-state index is 12.9. The smallest absolute Gasteiger partial charge is 0.369 e. The number of benzene rings is 1. The first-order valence-electron chi connectivity index (χ1n) is 6.03. The van der Waals surface area contributed by atoms with E-state index in [0.29, 0.717) is 0 Å². The van der Waals surface area contributed by atoms with Crippen molar-refractivity contribution in [3.8, 4) is 0 Å². The molecule has 1 aromatic carbocycles.